The number of carbonyl (C=O) groups is 1. The number of aliphatic hydroxyl groups is 1. The number of carbonyl (C=O) groups excluding carboxylic acids is 1. The second-order valence-electron chi connectivity index (χ2n) is 6.45. The summed E-state index contributed by atoms with van der Waals surface area (Å²) in [6.45, 7) is 3.14. The Morgan fingerprint density at radius 3 is 2.96 bits per heavy atom. The summed E-state index contributed by atoms with van der Waals surface area (Å²) in [5.41, 5.74) is 0.134. The van der Waals surface area contributed by atoms with E-state index < -0.39 is 5.60 Å². The quantitative estimate of drug-likeness (QED) is 0.852. The summed E-state index contributed by atoms with van der Waals surface area (Å²) in [7, 11) is 0. The van der Waals surface area contributed by atoms with Gasteiger partial charge in [-0.2, -0.15) is 5.10 Å². The average molecular weight is 329 g/mol. The number of nitrogens with one attached hydrogen (secondary N) is 1. The van der Waals surface area contributed by atoms with Crippen molar-refractivity contribution >= 4 is 11.6 Å². The van der Waals surface area contributed by atoms with Crippen molar-refractivity contribution in [2.24, 2.45) is 0 Å². The van der Waals surface area contributed by atoms with Gasteiger partial charge in [0, 0.05) is 12.8 Å². The van der Waals surface area contributed by atoms with E-state index in [0.717, 1.165) is 19.4 Å². The molecule has 1 aliphatic rings. The molecule has 0 aliphatic carbocycles. The predicted octanol–water partition coefficient (Wildman–Crippen LogP) is 2.30. The van der Waals surface area contributed by atoms with E-state index in [9.17, 15) is 9.90 Å². The fourth-order valence-corrected chi connectivity index (χ4v) is 2.94. The Bertz CT molecular complexity index is 676. The van der Waals surface area contributed by atoms with Crippen LogP contribution in [0.4, 0.5) is 5.69 Å². The van der Waals surface area contributed by atoms with Gasteiger partial charge in [-0.3, -0.25) is 9.48 Å². The van der Waals surface area contributed by atoms with E-state index in [2.05, 4.69) is 10.4 Å². The van der Waals surface area contributed by atoms with E-state index in [4.69, 9.17) is 4.74 Å². The van der Waals surface area contributed by atoms with Crippen LogP contribution in [-0.4, -0.2) is 33.5 Å². The molecule has 1 aliphatic heterocycles. The number of rotatable bonds is 6. The molecule has 2 heterocycles. The highest BCUT2D eigenvalue weighted by molar-refractivity contribution is 5.91. The molecule has 3 rings (SSSR count). The van der Waals surface area contributed by atoms with Gasteiger partial charge in [0.05, 0.1) is 36.6 Å². The Morgan fingerprint density at radius 2 is 2.25 bits per heavy atom. The third kappa shape index (κ3) is 4.21. The van der Waals surface area contributed by atoms with Crippen LogP contribution in [0.1, 0.15) is 31.7 Å². The summed E-state index contributed by atoms with van der Waals surface area (Å²) in [5, 5.41) is 17.6. The first-order chi connectivity index (χ1) is 11.5. The van der Waals surface area contributed by atoms with Gasteiger partial charge >= 0.3 is 0 Å². The molecule has 1 aromatic carbocycles. The summed E-state index contributed by atoms with van der Waals surface area (Å²) in [4.78, 5) is 12.2. The molecule has 2 aromatic rings. The number of hydrogen-bond donors (Lipinski definition) is 2. The SMILES string of the molecule is CC(O)(CC(=O)Nc1cnn(CC2CCCO2)c1)c1ccccc1. The molecule has 2 N–H and O–H groups in total. The fourth-order valence-electron chi connectivity index (χ4n) is 2.94. The number of ether oxygens (including phenoxy) is 1. The van der Waals surface area contributed by atoms with Crippen molar-refractivity contribution in [3.63, 3.8) is 0 Å². The van der Waals surface area contributed by atoms with Crippen LogP contribution in [0.25, 0.3) is 0 Å². The summed E-state index contributed by atoms with van der Waals surface area (Å²) in [5.74, 6) is -0.250. The molecule has 0 saturated carbocycles. The molecular weight excluding hydrogens is 306 g/mol. The normalized spacial score (nSPS) is 19.8. The molecule has 2 atom stereocenters. The molecule has 6 nitrogen and oxygen atoms in total. The van der Waals surface area contributed by atoms with Crippen molar-refractivity contribution in [2.45, 2.75) is 44.4 Å². The van der Waals surface area contributed by atoms with Gasteiger partial charge < -0.3 is 15.2 Å². The minimum absolute atomic E-state index is 0.0199. The van der Waals surface area contributed by atoms with Gasteiger partial charge in [-0.1, -0.05) is 30.3 Å². The molecule has 2 unspecified atom stereocenters. The molecule has 6 heteroatoms. The van der Waals surface area contributed by atoms with E-state index >= 15 is 0 Å². The molecule has 0 radical (unpaired) electrons. The van der Waals surface area contributed by atoms with Crippen LogP contribution >= 0.6 is 0 Å². The van der Waals surface area contributed by atoms with Crippen LogP contribution in [0, 0.1) is 0 Å². The van der Waals surface area contributed by atoms with Crippen LogP contribution < -0.4 is 5.32 Å². The van der Waals surface area contributed by atoms with Gasteiger partial charge in [-0.15, -0.1) is 0 Å². The van der Waals surface area contributed by atoms with Gasteiger partial charge in [0.1, 0.15) is 0 Å². The van der Waals surface area contributed by atoms with Crippen molar-refractivity contribution < 1.29 is 14.6 Å². The molecule has 0 bridgehead atoms. The van der Waals surface area contributed by atoms with Crippen LogP contribution in [0.3, 0.4) is 0 Å². The Balaban J connectivity index is 1.56. The third-order valence-electron chi connectivity index (χ3n) is 4.23. The molecule has 1 aromatic heterocycles. The van der Waals surface area contributed by atoms with E-state index in [0.29, 0.717) is 17.8 Å². The molecule has 1 fully saturated rings. The molecular formula is C18H23N3O3. The molecule has 24 heavy (non-hydrogen) atoms. The summed E-state index contributed by atoms with van der Waals surface area (Å²) < 4.78 is 7.36. The highest BCUT2D eigenvalue weighted by Gasteiger charge is 2.26. The Morgan fingerprint density at radius 1 is 1.46 bits per heavy atom. The van der Waals surface area contributed by atoms with Crippen molar-refractivity contribution in [3.8, 4) is 0 Å². The Hall–Kier alpha value is -2.18. The zero-order valence-electron chi connectivity index (χ0n) is 13.8. The maximum absolute atomic E-state index is 12.2. The van der Waals surface area contributed by atoms with Crippen molar-refractivity contribution in [1.29, 1.82) is 0 Å². The lowest BCUT2D eigenvalue weighted by Gasteiger charge is -2.23. The van der Waals surface area contributed by atoms with Crippen LogP contribution in [0.2, 0.25) is 0 Å². The van der Waals surface area contributed by atoms with E-state index in [1.165, 1.54) is 0 Å². The molecule has 128 valence electrons. The summed E-state index contributed by atoms with van der Waals surface area (Å²) >= 11 is 0. The highest BCUT2D eigenvalue weighted by Crippen LogP contribution is 2.24. The van der Waals surface area contributed by atoms with E-state index in [1.54, 1.807) is 24.0 Å². The lowest BCUT2D eigenvalue weighted by Crippen LogP contribution is -2.28. The van der Waals surface area contributed by atoms with Crippen LogP contribution in [0.5, 0.6) is 0 Å². The van der Waals surface area contributed by atoms with Gasteiger partial charge in [-0.25, -0.2) is 0 Å². The van der Waals surface area contributed by atoms with Crippen molar-refractivity contribution in [3.05, 3.63) is 48.3 Å². The first kappa shape index (κ1) is 16.7. The second-order valence-corrected chi connectivity index (χ2v) is 6.45. The number of anilines is 1. The zero-order valence-corrected chi connectivity index (χ0v) is 13.8. The largest absolute Gasteiger partial charge is 0.385 e. The third-order valence-corrected chi connectivity index (χ3v) is 4.23. The number of benzene rings is 1. The zero-order chi connectivity index (χ0) is 17.0. The van der Waals surface area contributed by atoms with Crippen LogP contribution in [-0.2, 0) is 21.7 Å². The first-order valence-electron chi connectivity index (χ1n) is 8.25. The topological polar surface area (TPSA) is 76.4 Å². The number of aromatic nitrogens is 2. The average Bonchev–Trinajstić information content (AvgIpc) is 3.20. The standard InChI is InChI=1S/C18H23N3O3/c1-18(23,14-6-3-2-4-7-14)10-17(22)20-15-11-19-21(12-15)13-16-8-5-9-24-16/h2-4,6-7,11-12,16,23H,5,8-10,13H2,1H3,(H,20,22). The molecule has 0 spiro atoms. The summed E-state index contributed by atoms with van der Waals surface area (Å²) in [6, 6.07) is 9.19. The van der Waals surface area contributed by atoms with Crippen molar-refractivity contribution in [1.82, 2.24) is 9.78 Å². The highest BCUT2D eigenvalue weighted by atomic mass is 16.5. The van der Waals surface area contributed by atoms with Gasteiger partial charge in [0.2, 0.25) is 5.91 Å². The maximum atomic E-state index is 12.2. The summed E-state index contributed by atoms with van der Waals surface area (Å²) in [6.07, 6.45) is 5.72. The Labute approximate surface area is 141 Å². The molecule has 1 amide bonds. The fraction of sp³-hybridized carbons (Fsp3) is 0.444. The van der Waals surface area contributed by atoms with Gasteiger partial charge in [0.25, 0.3) is 0 Å². The Kier molecular flexibility index (Phi) is 4.97. The first-order valence-corrected chi connectivity index (χ1v) is 8.25. The van der Waals surface area contributed by atoms with Crippen LogP contribution in [0.15, 0.2) is 42.7 Å². The molecule has 1 saturated heterocycles. The second kappa shape index (κ2) is 7.15. The minimum atomic E-state index is -1.21. The monoisotopic (exact) mass is 329 g/mol. The number of amides is 1. The van der Waals surface area contributed by atoms with E-state index in [-0.39, 0.29) is 18.4 Å². The van der Waals surface area contributed by atoms with Crippen molar-refractivity contribution in [2.75, 3.05) is 11.9 Å². The van der Waals surface area contributed by atoms with E-state index in [1.807, 2.05) is 30.3 Å². The predicted molar refractivity (Wildman–Crippen MR) is 90.5 cm³/mol. The lowest BCUT2D eigenvalue weighted by molar-refractivity contribution is -0.120. The number of nitrogens with zero attached hydrogens (tertiary/aromatic N) is 2. The smallest absolute Gasteiger partial charge is 0.227 e. The lowest BCUT2D eigenvalue weighted by atomic mass is 9.92. The minimum Gasteiger partial charge on any atom is -0.385 e. The van der Waals surface area contributed by atoms with Gasteiger partial charge in [-0.05, 0) is 25.3 Å². The maximum Gasteiger partial charge on any atom is 0.227 e. The number of hydrogen-bond acceptors (Lipinski definition) is 4. The van der Waals surface area contributed by atoms with Gasteiger partial charge in [0.15, 0.2) is 0 Å².